The van der Waals surface area contributed by atoms with Crippen LogP contribution in [0.4, 0.5) is 0 Å². The minimum Gasteiger partial charge on any atom is -0.394 e. The summed E-state index contributed by atoms with van der Waals surface area (Å²) in [6.07, 6.45) is -0.764. The molecule has 0 aromatic carbocycles. The molecule has 0 saturated heterocycles. The van der Waals surface area contributed by atoms with Crippen molar-refractivity contribution in [3.8, 4) is 0 Å². The van der Waals surface area contributed by atoms with Crippen molar-refractivity contribution in [2.24, 2.45) is 5.73 Å². The van der Waals surface area contributed by atoms with Crippen LogP contribution in [0, 0.1) is 0 Å². The van der Waals surface area contributed by atoms with Gasteiger partial charge in [-0.25, -0.2) is 0 Å². The molecule has 0 aliphatic rings. The van der Waals surface area contributed by atoms with Crippen LogP contribution in [0.25, 0.3) is 0 Å². The van der Waals surface area contributed by atoms with E-state index in [1.165, 1.54) is 0 Å². The molecule has 0 aliphatic carbocycles. The monoisotopic (exact) mass is 198 g/mol. The van der Waals surface area contributed by atoms with E-state index in [-0.39, 0.29) is 0 Å². The first-order valence-corrected chi connectivity index (χ1v) is 4.85. The molecule has 0 aromatic rings. The maximum atomic E-state index is 10.7. The number of aliphatic hydroxyl groups excluding tert-OH is 1. The quantitative estimate of drug-likeness (QED) is 0.318. The maximum Gasteiger partial charge on any atom is 0.344 e. The van der Waals surface area contributed by atoms with Crippen LogP contribution in [0.5, 0.6) is 0 Å². The summed E-state index contributed by atoms with van der Waals surface area (Å²) in [5.74, 6) is -0.791. The molecule has 0 heterocycles. The second kappa shape index (κ2) is 4.54. The smallest absolute Gasteiger partial charge is 0.344 e. The Hall–Kier alpha value is -0.460. The van der Waals surface area contributed by atoms with Crippen LogP contribution >= 0.6 is 7.60 Å². The highest BCUT2D eigenvalue weighted by atomic mass is 31.2. The van der Waals surface area contributed by atoms with Crippen molar-refractivity contribution in [1.82, 2.24) is 5.32 Å². The summed E-state index contributed by atoms with van der Waals surface area (Å²) in [6.45, 7) is -0.563. The second-order valence-electron chi connectivity index (χ2n) is 2.15. The molecule has 1 amide bonds. The number of carbonyl (C=O) groups excluding carboxylic acids is 1. The van der Waals surface area contributed by atoms with Gasteiger partial charge in [0.05, 0.1) is 6.61 Å². The normalized spacial score (nSPS) is 14.0. The third-order valence-electron chi connectivity index (χ3n) is 0.993. The Morgan fingerprint density at radius 2 is 2.08 bits per heavy atom. The molecule has 0 fully saturated rings. The third kappa shape index (κ3) is 5.22. The first-order valence-electron chi connectivity index (χ1n) is 3.05. The van der Waals surface area contributed by atoms with Gasteiger partial charge in [-0.05, 0) is 0 Å². The average Bonchev–Trinajstić information content (AvgIpc) is 1.97. The molecular weight excluding hydrogens is 187 g/mol. The first kappa shape index (κ1) is 11.5. The Morgan fingerprint density at radius 1 is 1.58 bits per heavy atom. The number of nitrogens with one attached hydrogen (secondary N) is 1. The van der Waals surface area contributed by atoms with Crippen LogP contribution in [0.3, 0.4) is 0 Å². The lowest BCUT2D eigenvalue weighted by atomic mass is 10.3. The molecule has 0 saturated carbocycles. The van der Waals surface area contributed by atoms with Crippen LogP contribution in [0.2, 0.25) is 0 Å². The Kier molecular flexibility index (Phi) is 4.36. The number of hydrogen-bond donors (Lipinski definition) is 5. The zero-order valence-electron chi connectivity index (χ0n) is 6.17. The molecule has 6 N–H and O–H groups in total. The molecule has 0 unspecified atom stereocenters. The van der Waals surface area contributed by atoms with Gasteiger partial charge in [-0.2, -0.15) is 0 Å². The first-order chi connectivity index (χ1) is 5.37. The van der Waals surface area contributed by atoms with Crippen molar-refractivity contribution in [2.45, 2.75) is 6.04 Å². The zero-order valence-corrected chi connectivity index (χ0v) is 7.07. The van der Waals surface area contributed by atoms with Gasteiger partial charge in [-0.3, -0.25) is 9.36 Å². The van der Waals surface area contributed by atoms with Crippen molar-refractivity contribution in [2.75, 3.05) is 12.9 Å². The van der Waals surface area contributed by atoms with Crippen LogP contribution in [-0.4, -0.2) is 39.7 Å². The molecule has 0 bridgehead atoms. The zero-order chi connectivity index (χ0) is 9.78. The van der Waals surface area contributed by atoms with Gasteiger partial charge in [-0.1, -0.05) is 0 Å². The highest BCUT2D eigenvalue weighted by molar-refractivity contribution is 7.51. The van der Waals surface area contributed by atoms with Gasteiger partial charge >= 0.3 is 7.60 Å². The molecule has 12 heavy (non-hydrogen) atoms. The number of rotatable bonds is 4. The largest absolute Gasteiger partial charge is 0.394 e. The van der Waals surface area contributed by atoms with E-state index in [0.717, 1.165) is 0 Å². The van der Waals surface area contributed by atoms with E-state index >= 15 is 0 Å². The fourth-order valence-corrected chi connectivity index (χ4v) is 0.757. The topological polar surface area (TPSA) is 133 Å². The minimum atomic E-state index is -4.24. The van der Waals surface area contributed by atoms with E-state index in [4.69, 9.17) is 20.6 Å². The van der Waals surface area contributed by atoms with Crippen LogP contribution in [0.15, 0.2) is 0 Å². The van der Waals surface area contributed by atoms with E-state index in [0.29, 0.717) is 0 Å². The fraction of sp³-hybridized carbons (Fsp3) is 0.750. The maximum absolute atomic E-state index is 10.7. The van der Waals surface area contributed by atoms with Crippen molar-refractivity contribution in [3.05, 3.63) is 0 Å². The number of carbonyl (C=O) groups is 1. The average molecular weight is 198 g/mol. The summed E-state index contributed by atoms with van der Waals surface area (Å²) in [4.78, 5) is 27.3. The Labute approximate surface area is 68.7 Å². The van der Waals surface area contributed by atoms with Gasteiger partial charge in [0.15, 0.2) is 0 Å². The summed E-state index contributed by atoms with van der Waals surface area (Å²) in [5.41, 5.74) is 5.03. The molecule has 1 atom stereocenters. The summed E-state index contributed by atoms with van der Waals surface area (Å²) in [6, 6.07) is -1.14. The van der Waals surface area contributed by atoms with Gasteiger partial charge in [0.1, 0.15) is 12.3 Å². The van der Waals surface area contributed by atoms with Crippen LogP contribution in [-0.2, 0) is 9.36 Å². The SMILES string of the molecule is N[C@@H](CO)C(=O)NCP(=O)(O)O. The number of hydrogen-bond acceptors (Lipinski definition) is 4. The van der Waals surface area contributed by atoms with Crippen molar-refractivity contribution in [3.63, 3.8) is 0 Å². The second-order valence-corrected chi connectivity index (χ2v) is 3.80. The van der Waals surface area contributed by atoms with Crippen LogP contribution in [0.1, 0.15) is 0 Å². The lowest BCUT2D eigenvalue weighted by Crippen LogP contribution is -2.43. The lowest BCUT2D eigenvalue weighted by molar-refractivity contribution is -0.122. The molecule has 0 rings (SSSR count). The van der Waals surface area contributed by atoms with Gasteiger partial charge in [0.2, 0.25) is 5.91 Å². The molecule has 0 radical (unpaired) electrons. The molecular formula is C4H11N2O5P. The number of amides is 1. The highest BCUT2D eigenvalue weighted by Gasteiger charge is 2.17. The van der Waals surface area contributed by atoms with Gasteiger partial charge < -0.3 is 25.9 Å². The molecule has 0 aromatic heterocycles. The van der Waals surface area contributed by atoms with Crippen molar-refractivity contribution >= 4 is 13.5 Å². The van der Waals surface area contributed by atoms with Crippen molar-refractivity contribution in [1.29, 1.82) is 0 Å². The Balaban J connectivity index is 3.80. The van der Waals surface area contributed by atoms with E-state index < -0.39 is 32.4 Å². The van der Waals surface area contributed by atoms with Gasteiger partial charge in [0.25, 0.3) is 0 Å². The number of nitrogens with two attached hydrogens (primary N) is 1. The predicted octanol–water partition coefficient (Wildman–Crippen LogP) is -2.44. The third-order valence-corrected chi connectivity index (χ3v) is 1.56. The fourth-order valence-electron chi connectivity index (χ4n) is 0.395. The summed E-state index contributed by atoms with van der Waals surface area (Å²) < 4.78 is 10.2. The van der Waals surface area contributed by atoms with E-state index in [2.05, 4.69) is 0 Å². The summed E-state index contributed by atoms with van der Waals surface area (Å²) in [7, 11) is -4.24. The summed E-state index contributed by atoms with van der Waals surface area (Å²) in [5, 5.41) is 10.2. The lowest BCUT2D eigenvalue weighted by Gasteiger charge is -2.09. The molecule has 0 spiro atoms. The molecule has 0 aliphatic heterocycles. The molecule has 7 nitrogen and oxygen atoms in total. The molecule has 72 valence electrons. The molecule has 8 heteroatoms. The Morgan fingerprint density at radius 3 is 2.42 bits per heavy atom. The number of aliphatic hydroxyl groups is 1. The van der Waals surface area contributed by atoms with E-state index in [1.54, 1.807) is 0 Å². The summed E-state index contributed by atoms with van der Waals surface area (Å²) >= 11 is 0. The van der Waals surface area contributed by atoms with E-state index in [9.17, 15) is 9.36 Å². The minimum absolute atomic E-state index is 0.563. The Bertz CT molecular complexity index is 202. The standard InChI is InChI=1S/C4H11N2O5P/c5-3(1-7)4(8)6-2-12(9,10)11/h3,7H,1-2,5H2,(H,6,8)(H2,9,10,11)/t3-/m0/s1. The van der Waals surface area contributed by atoms with Gasteiger partial charge in [0, 0.05) is 0 Å². The van der Waals surface area contributed by atoms with Crippen molar-refractivity contribution < 1.29 is 24.3 Å². The highest BCUT2D eigenvalue weighted by Crippen LogP contribution is 2.31. The van der Waals surface area contributed by atoms with Crippen LogP contribution < -0.4 is 11.1 Å². The predicted molar refractivity (Wildman–Crippen MR) is 40.1 cm³/mol. The van der Waals surface area contributed by atoms with E-state index in [1.807, 2.05) is 5.32 Å². The van der Waals surface area contributed by atoms with Gasteiger partial charge in [-0.15, -0.1) is 0 Å².